The Kier molecular flexibility index (Phi) is 5.28. The molecule has 0 spiro atoms. The first-order valence-electron chi connectivity index (χ1n) is 9.86. The normalized spacial score (nSPS) is 42.0. The lowest BCUT2D eigenvalue weighted by molar-refractivity contribution is -0.135. The molecular formula is C19H28FN3O2S. The molecule has 0 aromatic rings. The third-order valence-electron chi connectivity index (χ3n) is 6.59. The van der Waals surface area contributed by atoms with Crippen molar-refractivity contribution in [2.45, 2.75) is 73.9 Å². The molecule has 0 radical (unpaired) electrons. The van der Waals surface area contributed by atoms with Crippen molar-refractivity contribution in [3.63, 3.8) is 0 Å². The summed E-state index contributed by atoms with van der Waals surface area (Å²) in [5, 5.41) is 7.12. The maximum Gasteiger partial charge on any atom is 0.246 e. The number of halogens is 1. The number of carbonyl (C=O) groups excluding carboxylic acids is 2. The van der Waals surface area contributed by atoms with Gasteiger partial charge in [-0.15, -0.1) is 11.8 Å². The molecule has 26 heavy (non-hydrogen) atoms. The largest absolute Gasteiger partial charge is 0.330 e. The summed E-state index contributed by atoms with van der Waals surface area (Å²) in [5.41, 5.74) is -0.111. The number of hydrogen-bond donors (Lipinski definition) is 2. The van der Waals surface area contributed by atoms with Crippen LogP contribution in [0.1, 0.15) is 44.9 Å². The molecule has 5 nitrogen and oxygen atoms in total. The van der Waals surface area contributed by atoms with E-state index in [1.807, 2.05) is 0 Å². The van der Waals surface area contributed by atoms with Gasteiger partial charge in [-0.05, 0) is 62.9 Å². The molecule has 7 atom stereocenters. The van der Waals surface area contributed by atoms with E-state index in [4.69, 9.17) is 0 Å². The number of nitrogens with one attached hydrogen (secondary N) is 2. The fourth-order valence-corrected chi connectivity index (χ4v) is 7.05. The van der Waals surface area contributed by atoms with Crippen molar-refractivity contribution >= 4 is 23.6 Å². The van der Waals surface area contributed by atoms with Crippen molar-refractivity contribution in [2.24, 2.45) is 11.8 Å². The van der Waals surface area contributed by atoms with Crippen LogP contribution in [0.4, 0.5) is 4.39 Å². The average Bonchev–Trinajstić information content (AvgIpc) is 3.27. The van der Waals surface area contributed by atoms with Gasteiger partial charge in [0, 0.05) is 17.8 Å². The number of carbonyl (C=O) groups is 2. The van der Waals surface area contributed by atoms with E-state index in [0.29, 0.717) is 48.9 Å². The lowest BCUT2D eigenvalue weighted by Crippen LogP contribution is -2.51. The van der Waals surface area contributed by atoms with Crippen LogP contribution in [-0.2, 0) is 9.59 Å². The van der Waals surface area contributed by atoms with Crippen LogP contribution in [0, 0.1) is 11.8 Å². The van der Waals surface area contributed by atoms with Crippen molar-refractivity contribution in [3.05, 3.63) is 12.7 Å². The molecule has 2 amide bonds. The predicted molar refractivity (Wildman–Crippen MR) is 100 cm³/mol. The van der Waals surface area contributed by atoms with Crippen LogP contribution in [0.25, 0.3) is 0 Å². The zero-order valence-electron chi connectivity index (χ0n) is 15.0. The Labute approximate surface area is 158 Å². The monoisotopic (exact) mass is 381 g/mol. The first-order chi connectivity index (χ1) is 12.6. The standard InChI is InChI=1S/C19H28FN3O2S/c1-2-16(24)23-9-3-4-15(23)18(25)22-19-21-14-8-5-11-10-12(20)6-7-13(11)17(14)26-19/h2,11-15,17,19,21H,1,3-10H2,(H,22,25)/t11?,12?,13?,14?,15-,17?,19?/m1/s1. The quantitative estimate of drug-likeness (QED) is 0.736. The predicted octanol–water partition coefficient (Wildman–Crippen LogP) is 2.18. The van der Waals surface area contributed by atoms with E-state index in [0.717, 1.165) is 25.7 Å². The Morgan fingerprint density at radius 2 is 2.08 bits per heavy atom. The smallest absolute Gasteiger partial charge is 0.246 e. The third kappa shape index (κ3) is 3.40. The molecule has 2 N–H and O–H groups in total. The lowest BCUT2D eigenvalue weighted by Gasteiger charge is -2.42. The number of fused-ring (bicyclic) bond motifs is 3. The molecule has 2 saturated carbocycles. The van der Waals surface area contributed by atoms with Crippen LogP contribution in [0.5, 0.6) is 0 Å². The molecule has 0 bridgehead atoms. The van der Waals surface area contributed by atoms with E-state index in [-0.39, 0.29) is 23.4 Å². The second-order valence-corrected chi connectivity index (χ2v) is 9.36. The minimum atomic E-state index is -0.626. The van der Waals surface area contributed by atoms with Gasteiger partial charge in [0.05, 0.1) is 0 Å². The molecule has 2 saturated heterocycles. The minimum absolute atomic E-state index is 0.0784. The van der Waals surface area contributed by atoms with Crippen LogP contribution in [-0.4, -0.2) is 52.3 Å². The van der Waals surface area contributed by atoms with Crippen molar-refractivity contribution in [3.8, 4) is 0 Å². The highest BCUT2D eigenvalue weighted by Gasteiger charge is 2.48. The molecular weight excluding hydrogens is 353 g/mol. The zero-order chi connectivity index (χ0) is 18.3. The number of amides is 2. The Morgan fingerprint density at radius 1 is 1.23 bits per heavy atom. The van der Waals surface area contributed by atoms with Crippen LogP contribution in [0.15, 0.2) is 12.7 Å². The highest BCUT2D eigenvalue weighted by atomic mass is 32.2. The van der Waals surface area contributed by atoms with E-state index in [2.05, 4.69) is 17.2 Å². The van der Waals surface area contributed by atoms with Crippen LogP contribution < -0.4 is 10.6 Å². The summed E-state index contributed by atoms with van der Waals surface area (Å²) in [5.74, 6) is 0.810. The number of nitrogens with zero attached hydrogens (tertiary/aromatic N) is 1. The SMILES string of the molecule is C=CC(=O)N1CCC[C@@H]1C(=O)NC1NC2CCC3CC(F)CCC3C2S1. The lowest BCUT2D eigenvalue weighted by atomic mass is 9.68. The van der Waals surface area contributed by atoms with Gasteiger partial charge in [-0.25, -0.2) is 4.39 Å². The van der Waals surface area contributed by atoms with Gasteiger partial charge in [-0.3, -0.25) is 14.9 Å². The molecule has 144 valence electrons. The molecule has 4 aliphatic rings. The van der Waals surface area contributed by atoms with Crippen molar-refractivity contribution in [2.75, 3.05) is 6.54 Å². The number of thioether (sulfide) groups is 1. The van der Waals surface area contributed by atoms with Gasteiger partial charge in [0.1, 0.15) is 17.7 Å². The highest BCUT2D eigenvalue weighted by molar-refractivity contribution is 8.00. The minimum Gasteiger partial charge on any atom is -0.330 e. The van der Waals surface area contributed by atoms with Crippen LogP contribution >= 0.6 is 11.8 Å². The molecule has 4 rings (SSSR count). The van der Waals surface area contributed by atoms with Gasteiger partial charge in [0.25, 0.3) is 0 Å². The number of rotatable bonds is 3. The van der Waals surface area contributed by atoms with E-state index in [1.54, 1.807) is 16.7 Å². The highest BCUT2D eigenvalue weighted by Crippen LogP contribution is 2.48. The van der Waals surface area contributed by atoms with E-state index < -0.39 is 6.17 Å². The topological polar surface area (TPSA) is 61.4 Å². The first-order valence-corrected chi connectivity index (χ1v) is 10.8. The first kappa shape index (κ1) is 18.3. The van der Waals surface area contributed by atoms with Crippen molar-refractivity contribution in [1.82, 2.24) is 15.5 Å². The van der Waals surface area contributed by atoms with Gasteiger partial charge in [0.2, 0.25) is 11.8 Å². The molecule has 0 aromatic carbocycles. The summed E-state index contributed by atoms with van der Waals surface area (Å²) in [6, 6.07) is 0.0115. The van der Waals surface area contributed by atoms with Gasteiger partial charge < -0.3 is 10.2 Å². The maximum atomic E-state index is 13.7. The number of alkyl halides is 1. The van der Waals surface area contributed by atoms with Gasteiger partial charge >= 0.3 is 0 Å². The molecule has 7 heteroatoms. The molecule has 4 fully saturated rings. The second-order valence-electron chi connectivity index (χ2n) is 8.07. The van der Waals surface area contributed by atoms with Crippen LogP contribution in [0.2, 0.25) is 0 Å². The zero-order valence-corrected chi connectivity index (χ0v) is 15.8. The summed E-state index contributed by atoms with van der Waals surface area (Å²) >= 11 is 1.79. The fourth-order valence-electron chi connectivity index (χ4n) is 5.34. The summed E-state index contributed by atoms with van der Waals surface area (Å²) in [4.78, 5) is 26.3. The van der Waals surface area contributed by atoms with E-state index >= 15 is 0 Å². The molecule has 2 aliphatic carbocycles. The summed E-state index contributed by atoms with van der Waals surface area (Å²) in [7, 11) is 0. The fraction of sp³-hybridized carbons (Fsp3) is 0.789. The summed E-state index contributed by atoms with van der Waals surface area (Å²) < 4.78 is 13.7. The summed E-state index contributed by atoms with van der Waals surface area (Å²) in [6.07, 6.45) is 6.72. The maximum absolute atomic E-state index is 13.7. The van der Waals surface area contributed by atoms with E-state index in [1.165, 1.54) is 6.08 Å². The Morgan fingerprint density at radius 3 is 2.88 bits per heavy atom. The van der Waals surface area contributed by atoms with Gasteiger partial charge in [0.15, 0.2) is 0 Å². The second kappa shape index (κ2) is 7.50. The average molecular weight is 382 g/mol. The molecule has 6 unspecified atom stereocenters. The van der Waals surface area contributed by atoms with Crippen molar-refractivity contribution < 1.29 is 14.0 Å². The van der Waals surface area contributed by atoms with E-state index in [9.17, 15) is 14.0 Å². The molecule has 2 heterocycles. The Hall–Kier alpha value is -1.08. The van der Waals surface area contributed by atoms with Gasteiger partial charge in [-0.2, -0.15) is 0 Å². The van der Waals surface area contributed by atoms with Crippen molar-refractivity contribution in [1.29, 1.82) is 0 Å². The van der Waals surface area contributed by atoms with Gasteiger partial charge in [-0.1, -0.05) is 6.58 Å². The summed E-state index contributed by atoms with van der Waals surface area (Å²) in [6.45, 7) is 4.15. The molecule has 0 aromatic heterocycles. The Balaban J connectivity index is 1.36. The number of likely N-dealkylation sites (tertiary alicyclic amines) is 1. The third-order valence-corrected chi connectivity index (χ3v) is 8.11. The number of hydrogen-bond acceptors (Lipinski definition) is 4. The molecule has 2 aliphatic heterocycles. The Bertz CT molecular complexity index is 589. The van der Waals surface area contributed by atoms with Crippen LogP contribution in [0.3, 0.4) is 0 Å².